The van der Waals surface area contributed by atoms with Crippen LogP contribution >= 0.6 is 0 Å². The second-order valence-corrected chi connectivity index (χ2v) is 1.40. The number of nitrogens with zero attached hydrogens (tertiary/aromatic N) is 2. The maximum atomic E-state index is 11.4. The Hall–Kier alpha value is -0.600. The van der Waals surface area contributed by atoms with Crippen molar-refractivity contribution in [1.82, 2.24) is 0 Å². The Balaban J connectivity index is 0. The Morgan fingerprint density at radius 1 is 1.50 bits per heavy atom. The van der Waals surface area contributed by atoms with Crippen molar-refractivity contribution in [1.29, 1.82) is 0 Å². The van der Waals surface area contributed by atoms with Crippen molar-refractivity contribution >= 4 is 11.7 Å². The zero-order chi connectivity index (χ0) is 9.07. The molecule has 0 N–H and O–H groups in total. The molecule has 0 amide bonds. The molecule has 0 atom stereocenters. The monoisotopic (exact) mass is 184 g/mol. The van der Waals surface area contributed by atoms with E-state index in [0.717, 1.165) is 5.87 Å². The van der Waals surface area contributed by atoms with Gasteiger partial charge in [-0.15, -0.1) is 0 Å². The van der Waals surface area contributed by atoms with Crippen LogP contribution in [-0.2, 0) is 4.79 Å². The van der Waals surface area contributed by atoms with Gasteiger partial charge >= 0.3 is 35.7 Å². The minimum Gasteiger partial charge on any atom is -0.775 e. The van der Waals surface area contributed by atoms with Crippen LogP contribution in [-0.4, -0.2) is 17.8 Å². The van der Waals surface area contributed by atoms with Gasteiger partial charge in [0.15, 0.2) is 0 Å². The van der Waals surface area contributed by atoms with Crippen molar-refractivity contribution in [2.75, 3.05) is 0 Å². The largest absolute Gasteiger partial charge is 1.00 e. The van der Waals surface area contributed by atoms with Crippen molar-refractivity contribution in [3.05, 3.63) is 22.5 Å². The van der Waals surface area contributed by atoms with Crippen molar-refractivity contribution in [2.24, 2.45) is 0 Å². The summed E-state index contributed by atoms with van der Waals surface area (Å²) in [7, 11) is 0. The van der Waals surface area contributed by atoms with Gasteiger partial charge in [-0.2, -0.15) is 13.2 Å². The van der Waals surface area contributed by atoms with Crippen LogP contribution < -0.4 is 29.6 Å². The summed E-state index contributed by atoms with van der Waals surface area (Å²) in [5, 5.41) is 7.84. The van der Waals surface area contributed by atoms with Crippen LogP contribution in [0.4, 0.5) is 13.2 Å². The van der Waals surface area contributed by atoms with E-state index in [1.54, 1.807) is 0 Å². The molecular formula is C5F3N2NaO. The van der Waals surface area contributed by atoms with E-state index >= 15 is 0 Å². The van der Waals surface area contributed by atoms with Crippen LogP contribution in [0.5, 0.6) is 0 Å². The first-order chi connectivity index (χ1) is 4.93. The van der Waals surface area contributed by atoms with Gasteiger partial charge in [-0.25, -0.2) is 4.85 Å². The fraction of sp³-hybridized carbons (Fsp3) is 0.200. The molecule has 0 aromatic carbocycles. The van der Waals surface area contributed by atoms with E-state index in [1.165, 1.54) is 0 Å². The smallest absolute Gasteiger partial charge is 0.775 e. The van der Waals surface area contributed by atoms with E-state index in [-0.39, 0.29) is 29.6 Å². The van der Waals surface area contributed by atoms with Crippen LogP contribution in [0.25, 0.3) is 10.3 Å². The van der Waals surface area contributed by atoms with Gasteiger partial charge < -0.3 is 5.41 Å². The predicted octanol–water partition coefficient (Wildman–Crippen LogP) is -1.84. The second-order valence-electron chi connectivity index (χ2n) is 1.40. The van der Waals surface area contributed by atoms with E-state index < -0.39 is 17.7 Å². The Labute approximate surface area is 87.9 Å². The number of carbonyl (C=O) groups excluding carboxylic acids is 1. The first-order valence-electron chi connectivity index (χ1n) is 2.19. The van der Waals surface area contributed by atoms with Crippen LogP contribution in [0.3, 0.4) is 0 Å². The van der Waals surface area contributed by atoms with Gasteiger partial charge in [-0.05, 0) is 0 Å². The van der Waals surface area contributed by atoms with Crippen LogP contribution in [0.2, 0.25) is 0 Å². The Morgan fingerprint density at radius 3 is 2.00 bits per heavy atom. The molecule has 12 heavy (non-hydrogen) atoms. The molecule has 0 rings (SSSR count). The summed E-state index contributed by atoms with van der Waals surface area (Å²) in [5.74, 6) is -1.54. The van der Waals surface area contributed by atoms with Crippen LogP contribution in [0.15, 0.2) is 5.70 Å². The van der Waals surface area contributed by atoms with Gasteiger partial charge in [0.1, 0.15) is 0 Å². The molecule has 0 saturated heterocycles. The van der Waals surface area contributed by atoms with E-state index in [0.29, 0.717) is 0 Å². The summed E-state index contributed by atoms with van der Waals surface area (Å²) >= 11 is 0. The number of ketones is 1. The average Bonchev–Trinajstić information content (AvgIpc) is 1.88. The van der Waals surface area contributed by atoms with Gasteiger partial charge in [-0.3, -0.25) is 10.7 Å². The molecule has 0 heterocycles. The number of Topliss-reactive ketones (excluding diaryl/α,β-unsaturated/α-hetero) is 1. The minimum absolute atomic E-state index is 0. The maximum Gasteiger partial charge on any atom is 1.00 e. The summed E-state index contributed by atoms with van der Waals surface area (Å²) < 4.78 is 34.2. The summed E-state index contributed by atoms with van der Waals surface area (Å²) in [4.78, 5) is 12.1. The molecule has 0 aromatic rings. The Kier molecular flexibility index (Phi) is 5.95. The molecule has 0 unspecified atom stereocenters. The number of carbonyl (C=O) groups is 1. The number of allylic oxidation sites excluding steroid dienone is 1. The summed E-state index contributed by atoms with van der Waals surface area (Å²) in [6.07, 6.45) is -5.13. The fourth-order valence-corrected chi connectivity index (χ4v) is 0.261. The SMILES string of the molecule is [C-]#[N+]C(=C=[N-])C(=O)C(F)(F)F.[Na+]. The third kappa shape index (κ3) is 3.69. The first kappa shape index (κ1) is 14.0. The molecule has 0 aromatic heterocycles. The van der Waals surface area contributed by atoms with Gasteiger partial charge in [0.05, 0.1) is 6.57 Å². The average molecular weight is 184 g/mol. The maximum absolute atomic E-state index is 11.4. The topological polar surface area (TPSA) is 43.7 Å². The van der Waals surface area contributed by atoms with Gasteiger partial charge in [-0.1, -0.05) is 0 Å². The third-order valence-corrected chi connectivity index (χ3v) is 0.690. The van der Waals surface area contributed by atoms with Crippen molar-refractivity contribution in [3.63, 3.8) is 0 Å². The number of alkyl halides is 3. The van der Waals surface area contributed by atoms with Crippen molar-refractivity contribution < 1.29 is 47.5 Å². The molecule has 0 fully saturated rings. The molecule has 0 aliphatic rings. The molecule has 7 heteroatoms. The number of rotatable bonds is 1. The fourth-order valence-electron chi connectivity index (χ4n) is 0.261. The number of halogens is 3. The number of hydrogen-bond donors (Lipinski definition) is 0. The van der Waals surface area contributed by atoms with Crippen molar-refractivity contribution in [2.45, 2.75) is 6.18 Å². The zero-order valence-electron chi connectivity index (χ0n) is 5.94. The van der Waals surface area contributed by atoms with Crippen molar-refractivity contribution in [3.8, 4) is 0 Å². The second kappa shape index (κ2) is 5.12. The summed E-state index contributed by atoms with van der Waals surface area (Å²) in [6.45, 7) is 6.01. The van der Waals surface area contributed by atoms with E-state index in [2.05, 4.69) is 4.85 Å². The molecule has 0 aliphatic carbocycles. The van der Waals surface area contributed by atoms with E-state index in [9.17, 15) is 18.0 Å². The van der Waals surface area contributed by atoms with Gasteiger partial charge in [0.25, 0.3) is 11.5 Å². The predicted molar refractivity (Wildman–Crippen MR) is 29.5 cm³/mol. The molecule has 0 spiro atoms. The zero-order valence-corrected chi connectivity index (χ0v) is 7.94. The van der Waals surface area contributed by atoms with Gasteiger partial charge in [0.2, 0.25) is 0 Å². The third-order valence-electron chi connectivity index (χ3n) is 0.690. The van der Waals surface area contributed by atoms with Crippen LogP contribution in [0, 0.1) is 6.57 Å². The number of hydrogen-bond acceptors (Lipinski definition) is 1. The summed E-state index contributed by atoms with van der Waals surface area (Å²) in [5.41, 5.74) is -1.46. The Bertz CT molecular complexity index is 271. The molecule has 58 valence electrons. The molecule has 0 radical (unpaired) electrons. The quantitative estimate of drug-likeness (QED) is 0.204. The molecule has 0 aliphatic heterocycles. The standard InChI is InChI=1S/C5F3N2O.Na/c1-10-3(2-9)4(11)5(6,7)8;/q-1;+1. The first-order valence-corrected chi connectivity index (χ1v) is 2.19. The van der Waals surface area contributed by atoms with E-state index in [4.69, 9.17) is 12.0 Å². The van der Waals surface area contributed by atoms with E-state index in [1.807, 2.05) is 0 Å². The molecular weight excluding hydrogens is 184 g/mol. The normalized spacial score (nSPS) is 8.83. The molecule has 3 nitrogen and oxygen atoms in total. The van der Waals surface area contributed by atoms with Gasteiger partial charge in [0, 0.05) is 0 Å². The Morgan fingerprint density at radius 2 is 1.92 bits per heavy atom. The van der Waals surface area contributed by atoms with Crippen LogP contribution in [0.1, 0.15) is 0 Å². The summed E-state index contributed by atoms with van der Waals surface area (Å²) in [6, 6.07) is 0. The molecule has 0 bridgehead atoms. The molecule has 0 saturated carbocycles. The minimum atomic E-state index is -5.13.